The van der Waals surface area contributed by atoms with Crippen LogP contribution in [0.5, 0.6) is 0 Å². The Morgan fingerprint density at radius 1 is 1.67 bits per heavy atom. The molecule has 0 saturated carbocycles. The van der Waals surface area contributed by atoms with Crippen LogP contribution in [0.3, 0.4) is 0 Å². The molecule has 0 unspecified atom stereocenters. The van der Waals surface area contributed by atoms with Gasteiger partial charge in [-0.15, -0.1) is 0 Å². The van der Waals surface area contributed by atoms with Gasteiger partial charge >= 0.3 is 0 Å². The van der Waals surface area contributed by atoms with E-state index >= 15 is 0 Å². The Kier molecular flexibility index (Phi) is 1.89. The van der Waals surface area contributed by atoms with Gasteiger partial charge in [0.2, 0.25) is 0 Å². The topological polar surface area (TPSA) is 23.8 Å². The van der Waals surface area contributed by atoms with Crippen molar-refractivity contribution in [2.45, 2.75) is 19.8 Å². The molecule has 0 aromatic carbocycles. The zero-order valence-corrected chi connectivity index (χ0v) is 5.67. The molecule has 0 radical (unpaired) electrons. The predicted octanol–water partition coefficient (Wildman–Crippen LogP) is 2.11. The third-order valence-electron chi connectivity index (χ3n) is 1.88. The van der Waals surface area contributed by atoms with E-state index in [2.05, 4.69) is 25.1 Å². The Balaban J connectivity index is 2.57. The van der Waals surface area contributed by atoms with E-state index in [-0.39, 0.29) is 5.92 Å². The van der Waals surface area contributed by atoms with Crippen molar-refractivity contribution in [3.05, 3.63) is 12.2 Å². The van der Waals surface area contributed by atoms with E-state index in [4.69, 9.17) is 5.26 Å². The number of hydrogen-bond acceptors (Lipinski definition) is 1. The van der Waals surface area contributed by atoms with Crippen molar-refractivity contribution in [3.63, 3.8) is 0 Å². The Hall–Kier alpha value is -0.770. The van der Waals surface area contributed by atoms with Gasteiger partial charge in [0.25, 0.3) is 0 Å². The molecular formula is C8H11N. The number of nitrogens with zero attached hydrogens (tertiary/aromatic N) is 1. The lowest BCUT2D eigenvalue weighted by atomic mass is 9.87. The van der Waals surface area contributed by atoms with Gasteiger partial charge in [0.15, 0.2) is 0 Å². The first-order valence-electron chi connectivity index (χ1n) is 3.41. The minimum absolute atomic E-state index is 0.273. The summed E-state index contributed by atoms with van der Waals surface area (Å²) in [5.41, 5.74) is 0. The summed E-state index contributed by atoms with van der Waals surface area (Å²) >= 11 is 0. The van der Waals surface area contributed by atoms with Crippen LogP contribution < -0.4 is 0 Å². The second-order valence-electron chi connectivity index (χ2n) is 2.60. The minimum atomic E-state index is 0.273. The highest BCUT2D eigenvalue weighted by Crippen LogP contribution is 2.22. The van der Waals surface area contributed by atoms with Crippen molar-refractivity contribution in [3.8, 4) is 6.07 Å². The standard InChI is InChI=1S/C8H11N/c1-7-4-2-3-5-8(7)6-9/h2,4,7-8H,3,5H2,1H3/t7-,8-/m0/s1. The van der Waals surface area contributed by atoms with Gasteiger partial charge in [-0.2, -0.15) is 5.26 Å². The van der Waals surface area contributed by atoms with E-state index in [0.717, 1.165) is 12.8 Å². The molecule has 0 heterocycles. The summed E-state index contributed by atoms with van der Waals surface area (Å²) in [4.78, 5) is 0. The molecule has 1 heteroatoms. The summed E-state index contributed by atoms with van der Waals surface area (Å²) in [6.07, 6.45) is 6.44. The van der Waals surface area contributed by atoms with E-state index in [1.807, 2.05) is 0 Å². The smallest absolute Gasteiger partial charge is 0.0661 e. The molecule has 0 bridgehead atoms. The van der Waals surface area contributed by atoms with E-state index in [0.29, 0.717) is 5.92 Å². The molecule has 0 saturated heterocycles. The maximum absolute atomic E-state index is 8.58. The van der Waals surface area contributed by atoms with Crippen molar-refractivity contribution < 1.29 is 0 Å². The Morgan fingerprint density at radius 2 is 2.44 bits per heavy atom. The molecule has 2 atom stereocenters. The molecule has 0 amide bonds. The number of rotatable bonds is 0. The lowest BCUT2D eigenvalue weighted by molar-refractivity contribution is 0.470. The van der Waals surface area contributed by atoms with Crippen LogP contribution in [-0.4, -0.2) is 0 Å². The van der Waals surface area contributed by atoms with Gasteiger partial charge < -0.3 is 0 Å². The zero-order valence-electron chi connectivity index (χ0n) is 5.67. The first kappa shape index (κ1) is 6.35. The quantitative estimate of drug-likeness (QED) is 0.450. The van der Waals surface area contributed by atoms with Gasteiger partial charge in [-0.3, -0.25) is 0 Å². The van der Waals surface area contributed by atoms with Crippen LogP contribution in [0.1, 0.15) is 19.8 Å². The molecule has 0 aliphatic heterocycles. The predicted molar refractivity (Wildman–Crippen MR) is 36.6 cm³/mol. The fraction of sp³-hybridized carbons (Fsp3) is 0.625. The van der Waals surface area contributed by atoms with Gasteiger partial charge in [0, 0.05) is 0 Å². The molecule has 0 aromatic rings. The second-order valence-corrected chi connectivity index (χ2v) is 2.60. The SMILES string of the molecule is C[C@H]1C=CCC[C@H]1C#N. The Bertz CT molecular complexity index is 152. The third kappa shape index (κ3) is 1.32. The molecule has 0 spiro atoms. The fourth-order valence-corrected chi connectivity index (χ4v) is 1.17. The van der Waals surface area contributed by atoms with Crippen molar-refractivity contribution >= 4 is 0 Å². The summed E-state index contributed by atoms with van der Waals surface area (Å²) in [7, 11) is 0. The summed E-state index contributed by atoms with van der Waals surface area (Å²) in [6.45, 7) is 2.10. The maximum atomic E-state index is 8.58. The van der Waals surface area contributed by atoms with Gasteiger partial charge in [-0.1, -0.05) is 19.1 Å². The Morgan fingerprint density at radius 3 is 2.89 bits per heavy atom. The highest BCUT2D eigenvalue weighted by atomic mass is 14.3. The summed E-state index contributed by atoms with van der Waals surface area (Å²) < 4.78 is 0. The first-order valence-corrected chi connectivity index (χ1v) is 3.41. The molecule has 1 rings (SSSR count). The normalized spacial score (nSPS) is 33.8. The van der Waals surface area contributed by atoms with Crippen LogP contribution in [0.2, 0.25) is 0 Å². The monoisotopic (exact) mass is 121 g/mol. The van der Waals surface area contributed by atoms with Crippen molar-refractivity contribution in [2.24, 2.45) is 11.8 Å². The van der Waals surface area contributed by atoms with Crippen molar-refractivity contribution in [1.82, 2.24) is 0 Å². The average molecular weight is 121 g/mol. The highest BCUT2D eigenvalue weighted by molar-refractivity contribution is 5.02. The van der Waals surface area contributed by atoms with E-state index in [9.17, 15) is 0 Å². The molecule has 9 heavy (non-hydrogen) atoms. The molecule has 48 valence electrons. The summed E-state index contributed by atoms with van der Waals surface area (Å²) in [5, 5.41) is 8.58. The largest absolute Gasteiger partial charge is 0.198 e. The minimum Gasteiger partial charge on any atom is -0.198 e. The second kappa shape index (κ2) is 2.68. The summed E-state index contributed by atoms with van der Waals surface area (Å²) in [5.74, 6) is 0.749. The maximum Gasteiger partial charge on any atom is 0.0661 e. The average Bonchev–Trinajstić information content (AvgIpc) is 1.89. The van der Waals surface area contributed by atoms with Gasteiger partial charge in [0.1, 0.15) is 0 Å². The van der Waals surface area contributed by atoms with Gasteiger partial charge in [-0.25, -0.2) is 0 Å². The van der Waals surface area contributed by atoms with Crippen molar-refractivity contribution in [2.75, 3.05) is 0 Å². The third-order valence-corrected chi connectivity index (χ3v) is 1.88. The first-order chi connectivity index (χ1) is 4.34. The molecule has 0 fully saturated rings. The van der Waals surface area contributed by atoms with Crippen LogP contribution in [0.4, 0.5) is 0 Å². The van der Waals surface area contributed by atoms with E-state index in [1.54, 1.807) is 0 Å². The molecule has 0 aromatic heterocycles. The highest BCUT2D eigenvalue weighted by Gasteiger charge is 2.15. The number of hydrogen-bond donors (Lipinski definition) is 0. The van der Waals surface area contributed by atoms with Crippen LogP contribution in [-0.2, 0) is 0 Å². The van der Waals surface area contributed by atoms with Crippen LogP contribution in [0.25, 0.3) is 0 Å². The molecule has 1 nitrogen and oxygen atoms in total. The molecule has 1 aliphatic carbocycles. The number of allylic oxidation sites excluding steroid dienone is 2. The zero-order chi connectivity index (χ0) is 6.69. The lowest BCUT2D eigenvalue weighted by Gasteiger charge is -2.16. The van der Waals surface area contributed by atoms with Gasteiger partial charge in [-0.05, 0) is 18.8 Å². The van der Waals surface area contributed by atoms with Crippen LogP contribution in [0.15, 0.2) is 12.2 Å². The number of nitriles is 1. The lowest BCUT2D eigenvalue weighted by Crippen LogP contribution is -2.09. The van der Waals surface area contributed by atoms with Gasteiger partial charge in [0.05, 0.1) is 12.0 Å². The van der Waals surface area contributed by atoms with E-state index < -0.39 is 0 Å². The van der Waals surface area contributed by atoms with E-state index in [1.165, 1.54) is 0 Å². The van der Waals surface area contributed by atoms with Crippen LogP contribution >= 0.6 is 0 Å². The fourth-order valence-electron chi connectivity index (χ4n) is 1.17. The molecule has 1 aliphatic rings. The Labute approximate surface area is 56.0 Å². The van der Waals surface area contributed by atoms with Crippen molar-refractivity contribution in [1.29, 1.82) is 5.26 Å². The van der Waals surface area contributed by atoms with Crippen LogP contribution in [0, 0.1) is 23.2 Å². The molecular weight excluding hydrogens is 110 g/mol. The summed E-state index contributed by atoms with van der Waals surface area (Å²) in [6, 6.07) is 2.30. The molecule has 0 N–H and O–H groups in total.